The third-order valence-electron chi connectivity index (χ3n) is 2.34. The van der Waals surface area contributed by atoms with Gasteiger partial charge in [-0.2, -0.15) is 0 Å². The first-order valence-electron chi connectivity index (χ1n) is 3.82. The van der Waals surface area contributed by atoms with Crippen LogP contribution in [0.4, 0.5) is 4.79 Å². The molecule has 0 aromatic carbocycles. The lowest BCUT2D eigenvalue weighted by Crippen LogP contribution is -2.40. The molecule has 1 fully saturated rings. The quantitative estimate of drug-likeness (QED) is 0.629. The highest BCUT2D eigenvalue weighted by Gasteiger charge is 2.47. The molecule has 1 saturated carbocycles. The largest absolute Gasteiger partial charge is 0.465 e. The van der Waals surface area contributed by atoms with Gasteiger partial charge in [-0.1, -0.05) is 0 Å². The van der Waals surface area contributed by atoms with Crippen LogP contribution in [0.15, 0.2) is 0 Å². The first-order chi connectivity index (χ1) is 5.48. The molecule has 0 aliphatic heterocycles. The molecule has 4 nitrogen and oxygen atoms in total. The van der Waals surface area contributed by atoms with Gasteiger partial charge in [0.15, 0.2) is 0 Å². The number of rotatable bonds is 3. The van der Waals surface area contributed by atoms with Gasteiger partial charge in [0.1, 0.15) is 0 Å². The predicted molar refractivity (Wildman–Crippen MR) is 54.4 cm³/mol. The second kappa shape index (κ2) is 3.37. The van der Waals surface area contributed by atoms with E-state index in [-0.39, 0.29) is 5.54 Å². The van der Waals surface area contributed by atoms with E-state index >= 15 is 0 Å². The standard InChI is InChI=1S/C7H13IN2O2/c1-9(6(11)12)5-7(3-4-7)10(2)8/h3-5H2,1-2H3,(H,11,12). The summed E-state index contributed by atoms with van der Waals surface area (Å²) >= 11 is 2.22. The zero-order valence-corrected chi connectivity index (χ0v) is 9.41. The van der Waals surface area contributed by atoms with Crippen molar-refractivity contribution in [2.75, 3.05) is 20.6 Å². The van der Waals surface area contributed by atoms with Crippen molar-refractivity contribution in [3.8, 4) is 0 Å². The number of carbonyl (C=O) groups is 1. The minimum Gasteiger partial charge on any atom is -0.465 e. The fourth-order valence-electron chi connectivity index (χ4n) is 1.22. The van der Waals surface area contributed by atoms with Crippen LogP contribution in [0.3, 0.4) is 0 Å². The summed E-state index contributed by atoms with van der Waals surface area (Å²) in [5.74, 6) is 0. The third kappa shape index (κ3) is 2.01. The van der Waals surface area contributed by atoms with Gasteiger partial charge in [0.2, 0.25) is 0 Å². The zero-order valence-electron chi connectivity index (χ0n) is 7.25. The van der Waals surface area contributed by atoms with Crippen LogP contribution in [-0.2, 0) is 0 Å². The maximum atomic E-state index is 10.5. The molecule has 0 radical (unpaired) electrons. The van der Waals surface area contributed by atoms with E-state index in [1.54, 1.807) is 7.05 Å². The Balaban J connectivity index is 2.45. The third-order valence-corrected chi connectivity index (χ3v) is 3.36. The summed E-state index contributed by atoms with van der Waals surface area (Å²) in [4.78, 5) is 11.9. The number of carboxylic acid groups (broad SMARTS) is 1. The van der Waals surface area contributed by atoms with Gasteiger partial charge in [-0.3, -0.25) is 0 Å². The van der Waals surface area contributed by atoms with Gasteiger partial charge < -0.3 is 10.0 Å². The molecule has 1 amide bonds. The normalized spacial score (nSPS) is 19.3. The van der Waals surface area contributed by atoms with Crippen LogP contribution in [0, 0.1) is 0 Å². The molecule has 70 valence electrons. The molecule has 0 bridgehead atoms. The Bertz CT molecular complexity index is 192. The van der Waals surface area contributed by atoms with Crippen molar-refractivity contribution >= 4 is 29.0 Å². The predicted octanol–water partition coefficient (Wildman–Crippen LogP) is 1.41. The van der Waals surface area contributed by atoms with Crippen LogP contribution in [0.2, 0.25) is 0 Å². The van der Waals surface area contributed by atoms with Crippen LogP contribution in [0.25, 0.3) is 0 Å². The molecule has 0 aromatic rings. The number of likely N-dealkylation sites (N-methyl/N-ethyl adjacent to an activating group) is 2. The van der Waals surface area contributed by atoms with E-state index in [4.69, 9.17) is 5.11 Å². The Labute approximate surface area is 86.0 Å². The minimum absolute atomic E-state index is 0.119. The number of hydrogen-bond acceptors (Lipinski definition) is 2. The Morgan fingerprint density at radius 1 is 1.58 bits per heavy atom. The highest BCUT2D eigenvalue weighted by molar-refractivity contribution is 14.1. The lowest BCUT2D eigenvalue weighted by Gasteiger charge is -2.25. The van der Waals surface area contributed by atoms with Crippen molar-refractivity contribution in [2.24, 2.45) is 0 Å². The summed E-state index contributed by atoms with van der Waals surface area (Å²) < 4.78 is 2.09. The van der Waals surface area contributed by atoms with E-state index < -0.39 is 6.09 Å². The average Bonchev–Trinajstić information content (AvgIpc) is 2.68. The molecule has 1 aliphatic rings. The van der Waals surface area contributed by atoms with Gasteiger partial charge in [-0.05, 0) is 19.9 Å². The van der Waals surface area contributed by atoms with Crippen molar-refractivity contribution in [3.05, 3.63) is 0 Å². The molecule has 1 aliphatic carbocycles. The molecule has 0 atom stereocenters. The SMILES string of the molecule is CN(CC1(N(C)I)CC1)C(=O)O. The molecule has 0 unspecified atom stereocenters. The molecule has 0 aromatic heterocycles. The van der Waals surface area contributed by atoms with E-state index in [2.05, 4.69) is 26.0 Å². The number of halogens is 1. The topological polar surface area (TPSA) is 43.8 Å². The fourth-order valence-corrected chi connectivity index (χ4v) is 1.85. The van der Waals surface area contributed by atoms with Gasteiger partial charge in [0.05, 0.1) is 0 Å². The lowest BCUT2D eigenvalue weighted by molar-refractivity contribution is 0.146. The summed E-state index contributed by atoms with van der Waals surface area (Å²) in [6, 6.07) is 0. The molecule has 0 saturated heterocycles. The van der Waals surface area contributed by atoms with Crippen molar-refractivity contribution < 1.29 is 9.90 Å². The second-order valence-corrected chi connectivity index (χ2v) is 4.79. The first kappa shape index (κ1) is 10.0. The van der Waals surface area contributed by atoms with Gasteiger partial charge in [-0.15, -0.1) is 0 Å². The lowest BCUT2D eigenvalue weighted by atomic mass is 10.2. The average molecular weight is 284 g/mol. The van der Waals surface area contributed by atoms with E-state index in [1.807, 2.05) is 7.05 Å². The summed E-state index contributed by atoms with van der Waals surface area (Å²) in [6.07, 6.45) is 1.35. The Hall–Kier alpha value is -0.0400. The van der Waals surface area contributed by atoms with E-state index in [9.17, 15) is 4.79 Å². The fraction of sp³-hybridized carbons (Fsp3) is 0.857. The second-order valence-electron chi connectivity index (χ2n) is 3.34. The Morgan fingerprint density at radius 3 is 2.33 bits per heavy atom. The van der Waals surface area contributed by atoms with Crippen LogP contribution >= 0.6 is 22.9 Å². The summed E-state index contributed by atoms with van der Waals surface area (Å²) in [7, 11) is 3.60. The van der Waals surface area contributed by atoms with Gasteiger partial charge in [0.25, 0.3) is 0 Å². The molecule has 0 heterocycles. The number of hydrogen-bond donors (Lipinski definition) is 1. The summed E-state index contributed by atoms with van der Waals surface area (Å²) in [5, 5.41) is 8.66. The van der Waals surface area contributed by atoms with Crippen molar-refractivity contribution in [2.45, 2.75) is 18.4 Å². The number of nitrogens with zero attached hydrogens (tertiary/aromatic N) is 2. The van der Waals surface area contributed by atoms with Crippen molar-refractivity contribution in [1.82, 2.24) is 8.01 Å². The van der Waals surface area contributed by atoms with Crippen LogP contribution in [-0.4, -0.2) is 45.4 Å². The highest BCUT2D eigenvalue weighted by atomic mass is 127. The maximum absolute atomic E-state index is 10.5. The van der Waals surface area contributed by atoms with Crippen LogP contribution in [0.5, 0.6) is 0 Å². The number of amides is 1. The molecule has 1 N–H and O–H groups in total. The van der Waals surface area contributed by atoms with Crippen LogP contribution in [0.1, 0.15) is 12.8 Å². The van der Waals surface area contributed by atoms with E-state index in [0.717, 1.165) is 12.8 Å². The van der Waals surface area contributed by atoms with Gasteiger partial charge >= 0.3 is 6.09 Å². The smallest absolute Gasteiger partial charge is 0.407 e. The summed E-state index contributed by atoms with van der Waals surface area (Å²) in [5.41, 5.74) is 0.119. The van der Waals surface area contributed by atoms with E-state index in [1.165, 1.54) is 4.90 Å². The zero-order chi connectivity index (χ0) is 9.35. The minimum atomic E-state index is -0.848. The molecule has 5 heteroatoms. The molecular formula is C7H13IN2O2. The monoisotopic (exact) mass is 284 g/mol. The molecule has 12 heavy (non-hydrogen) atoms. The molecule has 1 rings (SSSR count). The molecule has 0 spiro atoms. The first-order valence-corrected chi connectivity index (χ1v) is 4.78. The Morgan fingerprint density at radius 2 is 2.08 bits per heavy atom. The van der Waals surface area contributed by atoms with Crippen molar-refractivity contribution in [3.63, 3.8) is 0 Å². The Kier molecular flexibility index (Phi) is 2.82. The van der Waals surface area contributed by atoms with Crippen molar-refractivity contribution in [1.29, 1.82) is 0 Å². The van der Waals surface area contributed by atoms with Crippen LogP contribution < -0.4 is 0 Å². The maximum Gasteiger partial charge on any atom is 0.407 e. The highest BCUT2D eigenvalue weighted by Crippen LogP contribution is 2.43. The summed E-state index contributed by atoms with van der Waals surface area (Å²) in [6.45, 7) is 0.613. The van der Waals surface area contributed by atoms with E-state index in [0.29, 0.717) is 6.54 Å². The van der Waals surface area contributed by atoms with Gasteiger partial charge in [-0.25, -0.2) is 7.91 Å². The molecular weight excluding hydrogens is 271 g/mol. The van der Waals surface area contributed by atoms with Gasteiger partial charge in [0, 0.05) is 42.0 Å².